The molecule has 1 amide bonds. The Kier molecular flexibility index (Phi) is 6.12. The average molecular weight is 260 g/mol. The standard InChI is InChI=1S/C12H24N2O2S/c1-4-7-13-11-5-8-14(12(11)15)10(2)6-9-17(3)16/h10-11,13H,4-9H2,1-3H3. The maximum absolute atomic E-state index is 12.1. The zero-order chi connectivity index (χ0) is 12.8. The second-order valence-electron chi connectivity index (χ2n) is 4.74. The number of carbonyl (C=O) groups is 1. The van der Waals surface area contributed by atoms with Crippen LogP contribution in [0, 0.1) is 0 Å². The highest BCUT2D eigenvalue weighted by atomic mass is 32.2. The van der Waals surface area contributed by atoms with Crippen molar-refractivity contribution in [3.63, 3.8) is 0 Å². The van der Waals surface area contributed by atoms with Gasteiger partial charge in [0.1, 0.15) is 0 Å². The molecule has 100 valence electrons. The van der Waals surface area contributed by atoms with Crippen molar-refractivity contribution in [2.75, 3.05) is 25.1 Å². The fraction of sp³-hybridized carbons (Fsp3) is 0.917. The molecule has 0 aromatic heterocycles. The summed E-state index contributed by atoms with van der Waals surface area (Å²) in [7, 11) is -0.765. The minimum absolute atomic E-state index is 0.00419. The van der Waals surface area contributed by atoms with Crippen molar-refractivity contribution < 1.29 is 9.00 Å². The third-order valence-corrected chi connectivity index (χ3v) is 4.05. The van der Waals surface area contributed by atoms with Crippen LogP contribution in [-0.4, -0.2) is 52.2 Å². The van der Waals surface area contributed by atoms with Gasteiger partial charge in [0, 0.05) is 35.4 Å². The Labute approximate surface area is 107 Å². The molecule has 0 bridgehead atoms. The molecule has 17 heavy (non-hydrogen) atoms. The van der Waals surface area contributed by atoms with E-state index in [0.29, 0.717) is 5.75 Å². The summed E-state index contributed by atoms with van der Waals surface area (Å²) in [6.07, 6.45) is 4.49. The van der Waals surface area contributed by atoms with E-state index in [0.717, 1.165) is 32.4 Å². The van der Waals surface area contributed by atoms with Gasteiger partial charge in [-0.05, 0) is 32.7 Å². The molecule has 1 heterocycles. The number of nitrogens with one attached hydrogen (secondary N) is 1. The molecule has 0 aromatic carbocycles. The molecular weight excluding hydrogens is 236 g/mol. The quantitative estimate of drug-likeness (QED) is 0.734. The van der Waals surface area contributed by atoms with Crippen LogP contribution in [0.1, 0.15) is 33.1 Å². The number of hydrogen-bond donors (Lipinski definition) is 1. The molecule has 3 unspecified atom stereocenters. The van der Waals surface area contributed by atoms with E-state index in [2.05, 4.69) is 12.2 Å². The molecule has 1 aliphatic heterocycles. The van der Waals surface area contributed by atoms with Gasteiger partial charge in [-0.15, -0.1) is 0 Å². The number of carbonyl (C=O) groups excluding carboxylic acids is 1. The highest BCUT2D eigenvalue weighted by Crippen LogP contribution is 2.16. The lowest BCUT2D eigenvalue weighted by molar-refractivity contribution is -0.131. The molecule has 0 radical (unpaired) electrons. The molecule has 1 aliphatic rings. The lowest BCUT2D eigenvalue weighted by Gasteiger charge is -2.24. The van der Waals surface area contributed by atoms with Gasteiger partial charge in [0.2, 0.25) is 5.91 Å². The van der Waals surface area contributed by atoms with Crippen molar-refractivity contribution in [3.8, 4) is 0 Å². The Morgan fingerprint density at radius 1 is 1.59 bits per heavy atom. The fourth-order valence-electron chi connectivity index (χ4n) is 2.14. The van der Waals surface area contributed by atoms with Crippen molar-refractivity contribution in [2.45, 2.75) is 45.2 Å². The van der Waals surface area contributed by atoms with Crippen molar-refractivity contribution in [1.29, 1.82) is 0 Å². The summed E-state index contributed by atoms with van der Waals surface area (Å²) >= 11 is 0. The van der Waals surface area contributed by atoms with Crippen LogP contribution in [0.3, 0.4) is 0 Å². The largest absolute Gasteiger partial charge is 0.339 e. The molecular formula is C12H24N2O2S. The van der Waals surface area contributed by atoms with Crippen LogP contribution in [0.4, 0.5) is 0 Å². The number of amides is 1. The van der Waals surface area contributed by atoms with Crippen LogP contribution in [0.15, 0.2) is 0 Å². The highest BCUT2D eigenvalue weighted by molar-refractivity contribution is 7.84. The summed E-state index contributed by atoms with van der Waals surface area (Å²) < 4.78 is 11.0. The summed E-state index contributed by atoms with van der Waals surface area (Å²) in [5.74, 6) is 0.894. The van der Waals surface area contributed by atoms with E-state index < -0.39 is 10.8 Å². The third kappa shape index (κ3) is 4.39. The molecule has 0 aliphatic carbocycles. The van der Waals surface area contributed by atoms with Gasteiger partial charge in [0.05, 0.1) is 6.04 Å². The SMILES string of the molecule is CCCNC1CCN(C(C)CCS(C)=O)C1=O. The monoisotopic (exact) mass is 260 g/mol. The van der Waals surface area contributed by atoms with Gasteiger partial charge >= 0.3 is 0 Å². The van der Waals surface area contributed by atoms with E-state index >= 15 is 0 Å². The first-order valence-corrected chi connectivity index (χ1v) is 8.12. The number of hydrogen-bond acceptors (Lipinski definition) is 3. The van der Waals surface area contributed by atoms with Gasteiger partial charge < -0.3 is 10.2 Å². The van der Waals surface area contributed by atoms with Gasteiger partial charge in [-0.25, -0.2) is 0 Å². The number of nitrogens with zero attached hydrogens (tertiary/aromatic N) is 1. The van der Waals surface area contributed by atoms with Crippen LogP contribution < -0.4 is 5.32 Å². The average Bonchev–Trinajstić information content (AvgIpc) is 2.65. The Morgan fingerprint density at radius 2 is 2.29 bits per heavy atom. The van der Waals surface area contributed by atoms with Gasteiger partial charge in [0.25, 0.3) is 0 Å². The zero-order valence-corrected chi connectivity index (χ0v) is 11.9. The predicted octanol–water partition coefficient (Wildman–Crippen LogP) is 0.744. The van der Waals surface area contributed by atoms with Crippen LogP contribution in [-0.2, 0) is 15.6 Å². The topological polar surface area (TPSA) is 49.4 Å². The molecule has 1 rings (SSSR count). The lowest BCUT2D eigenvalue weighted by atomic mass is 10.2. The molecule has 4 nitrogen and oxygen atoms in total. The summed E-state index contributed by atoms with van der Waals surface area (Å²) in [4.78, 5) is 14.0. The van der Waals surface area contributed by atoms with Crippen molar-refractivity contribution in [1.82, 2.24) is 10.2 Å². The molecule has 5 heteroatoms. The molecule has 0 saturated carbocycles. The second-order valence-corrected chi connectivity index (χ2v) is 6.30. The Hall–Kier alpha value is -0.420. The Balaban J connectivity index is 2.40. The molecule has 1 fully saturated rings. The summed E-state index contributed by atoms with van der Waals surface area (Å²) in [5.41, 5.74) is 0. The molecule has 3 atom stereocenters. The minimum atomic E-state index is -0.765. The third-order valence-electron chi connectivity index (χ3n) is 3.24. The van der Waals surface area contributed by atoms with Crippen LogP contribution in [0.25, 0.3) is 0 Å². The van der Waals surface area contributed by atoms with Crippen LogP contribution >= 0.6 is 0 Å². The minimum Gasteiger partial charge on any atom is -0.339 e. The van der Waals surface area contributed by atoms with E-state index in [1.165, 1.54) is 0 Å². The summed E-state index contributed by atoms with van der Waals surface area (Å²) in [6, 6.07) is 0.212. The smallest absolute Gasteiger partial charge is 0.240 e. The molecule has 0 spiro atoms. The van der Waals surface area contributed by atoms with E-state index in [9.17, 15) is 9.00 Å². The highest BCUT2D eigenvalue weighted by Gasteiger charge is 2.33. The van der Waals surface area contributed by atoms with Crippen LogP contribution in [0.5, 0.6) is 0 Å². The Bertz CT molecular complexity index is 284. The van der Waals surface area contributed by atoms with E-state index in [1.807, 2.05) is 11.8 Å². The first-order valence-electron chi connectivity index (χ1n) is 6.40. The van der Waals surface area contributed by atoms with Gasteiger partial charge in [-0.2, -0.15) is 0 Å². The normalized spacial score (nSPS) is 24.1. The lowest BCUT2D eigenvalue weighted by Crippen LogP contribution is -2.42. The number of likely N-dealkylation sites (tertiary alicyclic amines) is 1. The summed E-state index contributed by atoms with van der Waals surface area (Å²) in [5, 5.41) is 3.28. The van der Waals surface area contributed by atoms with E-state index in [-0.39, 0.29) is 18.0 Å². The molecule has 1 N–H and O–H groups in total. The van der Waals surface area contributed by atoms with Crippen molar-refractivity contribution >= 4 is 16.7 Å². The second kappa shape index (κ2) is 7.11. The number of rotatable bonds is 7. The van der Waals surface area contributed by atoms with Crippen molar-refractivity contribution in [3.05, 3.63) is 0 Å². The van der Waals surface area contributed by atoms with Gasteiger partial charge in [-0.1, -0.05) is 6.92 Å². The maximum atomic E-state index is 12.1. The first kappa shape index (κ1) is 14.6. The first-order chi connectivity index (χ1) is 8.06. The van der Waals surface area contributed by atoms with E-state index in [1.54, 1.807) is 6.26 Å². The van der Waals surface area contributed by atoms with Gasteiger partial charge in [-0.3, -0.25) is 9.00 Å². The van der Waals surface area contributed by atoms with Crippen molar-refractivity contribution in [2.24, 2.45) is 0 Å². The molecule has 1 saturated heterocycles. The summed E-state index contributed by atoms with van der Waals surface area (Å²) in [6.45, 7) is 5.88. The van der Waals surface area contributed by atoms with Gasteiger partial charge in [0.15, 0.2) is 0 Å². The zero-order valence-electron chi connectivity index (χ0n) is 11.1. The predicted molar refractivity (Wildman–Crippen MR) is 71.4 cm³/mol. The van der Waals surface area contributed by atoms with E-state index in [4.69, 9.17) is 0 Å². The maximum Gasteiger partial charge on any atom is 0.240 e. The van der Waals surface area contributed by atoms with Crippen LogP contribution in [0.2, 0.25) is 0 Å². The Morgan fingerprint density at radius 3 is 2.88 bits per heavy atom. The fourth-order valence-corrected chi connectivity index (χ4v) is 2.81. The molecule has 0 aromatic rings.